The standard InChI is InChI=1S/C23H24F2N4O3S/c1-28-14-11-26-22(28)21(16-5-8-18(24)9-6-16)27-23(30)17-7-10-19(25)20(15-17)33(31,32)29-12-3-2-4-13-29/h5-11,14-15,21H,2-4,12-13H2,1H3,(H,27,30). The average Bonchev–Trinajstić information content (AvgIpc) is 3.24. The molecule has 1 saturated heterocycles. The maximum atomic E-state index is 14.5. The molecule has 4 rings (SSSR count). The van der Waals surface area contributed by atoms with Gasteiger partial charge in [-0.2, -0.15) is 4.31 Å². The van der Waals surface area contributed by atoms with E-state index in [1.807, 2.05) is 0 Å². The smallest absolute Gasteiger partial charge is 0.252 e. The van der Waals surface area contributed by atoms with Crippen LogP contribution in [0.3, 0.4) is 0 Å². The number of aromatic nitrogens is 2. The Kier molecular flexibility index (Phi) is 6.57. The maximum absolute atomic E-state index is 14.5. The lowest BCUT2D eigenvalue weighted by atomic mass is 10.1. The van der Waals surface area contributed by atoms with Gasteiger partial charge in [0.1, 0.15) is 28.4 Å². The fourth-order valence-corrected chi connectivity index (χ4v) is 5.52. The summed E-state index contributed by atoms with van der Waals surface area (Å²) >= 11 is 0. The Labute approximate surface area is 191 Å². The van der Waals surface area contributed by atoms with E-state index in [2.05, 4.69) is 10.3 Å². The maximum Gasteiger partial charge on any atom is 0.252 e. The van der Waals surface area contributed by atoms with Crippen LogP contribution in [0.5, 0.6) is 0 Å². The van der Waals surface area contributed by atoms with Crippen molar-refractivity contribution in [1.82, 2.24) is 19.2 Å². The van der Waals surface area contributed by atoms with Crippen molar-refractivity contribution in [3.8, 4) is 0 Å². The Balaban J connectivity index is 1.66. The molecule has 1 aromatic heterocycles. The molecule has 7 nitrogen and oxygen atoms in total. The third-order valence-corrected chi connectivity index (χ3v) is 7.64. The number of halogens is 2. The number of rotatable bonds is 6. The quantitative estimate of drug-likeness (QED) is 0.594. The van der Waals surface area contributed by atoms with Gasteiger partial charge in [-0.25, -0.2) is 22.2 Å². The van der Waals surface area contributed by atoms with Gasteiger partial charge in [-0.15, -0.1) is 0 Å². The second kappa shape index (κ2) is 9.40. The average molecular weight is 475 g/mol. The lowest BCUT2D eigenvalue weighted by molar-refractivity contribution is 0.0941. The minimum atomic E-state index is -4.06. The van der Waals surface area contributed by atoms with Gasteiger partial charge >= 0.3 is 0 Å². The zero-order valence-corrected chi connectivity index (χ0v) is 18.9. The van der Waals surface area contributed by atoms with Crippen LogP contribution in [-0.4, -0.2) is 41.3 Å². The highest BCUT2D eigenvalue weighted by molar-refractivity contribution is 7.89. The summed E-state index contributed by atoms with van der Waals surface area (Å²) < 4.78 is 56.9. The number of hydrogen-bond donors (Lipinski definition) is 1. The zero-order chi connectivity index (χ0) is 23.6. The Morgan fingerprint density at radius 2 is 1.76 bits per heavy atom. The van der Waals surface area contributed by atoms with Crippen LogP contribution < -0.4 is 5.32 Å². The monoisotopic (exact) mass is 474 g/mol. The van der Waals surface area contributed by atoms with E-state index in [1.54, 1.807) is 24.0 Å². The molecule has 0 bridgehead atoms. The summed E-state index contributed by atoms with van der Waals surface area (Å²) in [5, 5.41) is 2.81. The summed E-state index contributed by atoms with van der Waals surface area (Å²) in [6.07, 6.45) is 5.63. The van der Waals surface area contributed by atoms with Gasteiger partial charge in [-0.05, 0) is 48.7 Å². The Morgan fingerprint density at radius 1 is 1.06 bits per heavy atom. The fourth-order valence-electron chi connectivity index (χ4n) is 3.91. The molecular formula is C23H24F2N4O3S. The second-order valence-electron chi connectivity index (χ2n) is 7.96. The first-order valence-corrected chi connectivity index (χ1v) is 12.0. The number of carbonyl (C=O) groups is 1. The van der Waals surface area contributed by atoms with Crippen molar-refractivity contribution in [2.45, 2.75) is 30.2 Å². The number of nitrogens with one attached hydrogen (secondary N) is 1. The molecule has 2 aromatic carbocycles. The number of carbonyl (C=O) groups excluding carboxylic acids is 1. The van der Waals surface area contributed by atoms with E-state index in [-0.39, 0.29) is 5.56 Å². The van der Waals surface area contributed by atoms with Crippen LogP contribution in [0, 0.1) is 11.6 Å². The highest BCUT2D eigenvalue weighted by Gasteiger charge is 2.30. The Bertz CT molecular complexity index is 1250. The largest absolute Gasteiger partial charge is 0.338 e. The lowest BCUT2D eigenvalue weighted by Crippen LogP contribution is -2.36. The van der Waals surface area contributed by atoms with Gasteiger partial charge in [0.15, 0.2) is 0 Å². The van der Waals surface area contributed by atoms with E-state index >= 15 is 0 Å². The van der Waals surface area contributed by atoms with E-state index in [0.29, 0.717) is 37.3 Å². The first kappa shape index (κ1) is 23.1. The van der Waals surface area contributed by atoms with Crippen LogP contribution in [0.2, 0.25) is 0 Å². The summed E-state index contributed by atoms with van der Waals surface area (Å²) in [5.41, 5.74) is 0.579. The van der Waals surface area contributed by atoms with Crippen molar-refractivity contribution in [3.63, 3.8) is 0 Å². The molecule has 10 heteroatoms. The number of hydrogen-bond acceptors (Lipinski definition) is 4. The summed E-state index contributed by atoms with van der Waals surface area (Å²) in [5.74, 6) is -1.44. The highest BCUT2D eigenvalue weighted by atomic mass is 32.2. The molecule has 3 aromatic rings. The lowest BCUT2D eigenvalue weighted by Gasteiger charge is -2.26. The summed E-state index contributed by atoms with van der Waals surface area (Å²) in [7, 11) is -2.31. The van der Waals surface area contributed by atoms with Crippen LogP contribution in [0.25, 0.3) is 0 Å². The molecule has 0 aliphatic carbocycles. The first-order chi connectivity index (χ1) is 15.8. The third-order valence-electron chi connectivity index (χ3n) is 5.72. The summed E-state index contributed by atoms with van der Waals surface area (Å²) in [6.45, 7) is 0.647. The third kappa shape index (κ3) is 4.81. The van der Waals surface area contributed by atoms with Crippen LogP contribution >= 0.6 is 0 Å². The summed E-state index contributed by atoms with van der Waals surface area (Å²) in [6, 6.07) is 8.17. The Morgan fingerprint density at radius 3 is 2.39 bits per heavy atom. The molecule has 1 amide bonds. The van der Waals surface area contributed by atoms with E-state index in [1.165, 1.54) is 34.6 Å². The van der Waals surface area contributed by atoms with Crippen molar-refractivity contribution in [2.24, 2.45) is 7.05 Å². The number of benzene rings is 2. The minimum Gasteiger partial charge on any atom is -0.338 e. The SMILES string of the molecule is Cn1ccnc1C(NC(=O)c1ccc(F)c(S(=O)(=O)N2CCCCC2)c1)c1ccc(F)cc1. The number of imidazole rings is 1. The second-order valence-corrected chi connectivity index (χ2v) is 9.87. The van der Waals surface area contributed by atoms with E-state index in [0.717, 1.165) is 18.6 Å². The van der Waals surface area contributed by atoms with Crippen molar-refractivity contribution in [3.05, 3.63) is 83.4 Å². The number of amides is 1. The van der Waals surface area contributed by atoms with Crippen molar-refractivity contribution in [2.75, 3.05) is 13.1 Å². The number of aryl methyl sites for hydroxylation is 1. The van der Waals surface area contributed by atoms with E-state index in [9.17, 15) is 22.0 Å². The fraction of sp³-hybridized carbons (Fsp3) is 0.304. The number of sulfonamides is 1. The van der Waals surface area contributed by atoms with E-state index in [4.69, 9.17) is 0 Å². The molecule has 174 valence electrons. The van der Waals surface area contributed by atoms with E-state index < -0.39 is 38.5 Å². The molecule has 33 heavy (non-hydrogen) atoms. The van der Waals surface area contributed by atoms with Gasteiger partial charge in [0, 0.05) is 38.1 Å². The van der Waals surface area contributed by atoms with Gasteiger partial charge in [0.25, 0.3) is 5.91 Å². The molecule has 0 saturated carbocycles. The van der Waals surface area contributed by atoms with Gasteiger partial charge in [0.05, 0.1) is 0 Å². The van der Waals surface area contributed by atoms with Crippen molar-refractivity contribution < 1.29 is 22.0 Å². The van der Waals surface area contributed by atoms with Crippen LogP contribution in [0.15, 0.2) is 59.8 Å². The Hall–Kier alpha value is -3.11. The normalized spacial score (nSPS) is 15.8. The molecule has 2 heterocycles. The molecule has 1 fully saturated rings. The first-order valence-electron chi connectivity index (χ1n) is 10.6. The molecule has 1 unspecified atom stereocenters. The van der Waals surface area contributed by atoms with Crippen LogP contribution in [0.1, 0.15) is 47.1 Å². The number of piperidine rings is 1. The van der Waals surface area contributed by atoms with Crippen LogP contribution in [0.4, 0.5) is 8.78 Å². The molecule has 1 N–H and O–H groups in total. The predicted molar refractivity (Wildman–Crippen MR) is 118 cm³/mol. The van der Waals surface area contributed by atoms with Gasteiger partial charge in [-0.1, -0.05) is 18.6 Å². The van der Waals surface area contributed by atoms with Gasteiger partial charge < -0.3 is 9.88 Å². The predicted octanol–water partition coefficient (Wildman–Crippen LogP) is 3.39. The molecule has 0 radical (unpaired) electrons. The topological polar surface area (TPSA) is 84.3 Å². The minimum absolute atomic E-state index is 0.00620. The molecule has 1 aliphatic heterocycles. The van der Waals surface area contributed by atoms with Gasteiger partial charge in [-0.3, -0.25) is 4.79 Å². The molecule has 1 atom stereocenters. The molecular weight excluding hydrogens is 450 g/mol. The van der Waals surface area contributed by atoms with Gasteiger partial charge in [0.2, 0.25) is 10.0 Å². The molecule has 1 aliphatic rings. The van der Waals surface area contributed by atoms with Crippen LogP contribution in [-0.2, 0) is 17.1 Å². The molecule has 0 spiro atoms. The van der Waals surface area contributed by atoms with Crippen molar-refractivity contribution >= 4 is 15.9 Å². The van der Waals surface area contributed by atoms with Crippen molar-refractivity contribution in [1.29, 1.82) is 0 Å². The number of nitrogens with zero attached hydrogens (tertiary/aromatic N) is 3. The zero-order valence-electron chi connectivity index (χ0n) is 18.0. The summed E-state index contributed by atoms with van der Waals surface area (Å²) in [4.78, 5) is 16.9. The highest BCUT2D eigenvalue weighted by Crippen LogP contribution is 2.25.